The average Bonchev–Trinajstić information content (AvgIpc) is 2.78. The van der Waals surface area contributed by atoms with Gasteiger partial charge in [0.25, 0.3) is 0 Å². The fourth-order valence-electron chi connectivity index (χ4n) is 2.31. The van der Waals surface area contributed by atoms with Crippen LogP contribution in [0.25, 0.3) is 5.69 Å². The van der Waals surface area contributed by atoms with E-state index in [-0.39, 0.29) is 12.3 Å². The van der Waals surface area contributed by atoms with Crippen LogP contribution in [-0.4, -0.2) is 32.8 Å². The standard InChI is InChI=1S/C16H17Cl2N3O3/c1-8-12(7-15(22)19-9(2)16(23)24)10(3)21(20-8)11-4-5-13(17)14(18)6-11/h4-6,9H,7H2,1-3H3,(H,19,22)(H,23,24)/t9-/m1/s1. The van der Waals surface area contributed by atoms with Crippen molar-refractivity contribution in [2.75, 3.05) is 0 Å². The number of carbonyl (C=O) groups is 2. The van der Waals surface area contributed by atoms with Crippen molar-refractivity contribution in [3.63, 3.8) is 0 Å². The van der Waals surface area contributed by atoms with Crippen LogP contribution in [0, 0.1) is 13.8 Å². The summed E-state index contributed by atoms with van der Waals surface area (Å²) in [5.74, 6) is -1.45. The number of carbonyl (C=O) groups excluding carboxylic acids is 1. The van der Waals surface area contributed by atoms with Gasteiger partial charge in [-0.2, -0.15) is 5.10 Å². The molecule has 2 N–H and O–H groups in total. The van der Waals surface area contributed by atoms with Gasteiger partial charge in [0.15, 0.2) is 0 Å². The number of amides is 1. The Labute approximate surface area is 149 Å². The zero-order valence-electron chi connectivity index (χ0n) is 13.4. The van der Waals surface area contributed by atoms with Gasteiger partial charge in [0.05, 0.1) is 27.8 Å². The van der Waals surface area contributed by atoms with E-state index in [1.807, 2.05) is 6.92 Å². The molecule has 0 saturated carbocycles. The van der Waals surface area contributed by atoms with Crippen molar-refractivity contribution in [1.82, 2.24) is 15.1 Å². The Hall–Kier alpha value is -2.05. The SMILES string of the molecule is Cc1nn(-c2ccc(Cl)c(Cl)c2)c(C)c1CC(=O)N[C@H](C)C(=O)O. The Morgan fingerprint density at radius 1 is 1.29 bits per heavy atom. The highest BCUT2D eigenvalue weighted by Gasteiger charge is 2.19. The van der Waals surface area contributed by atoms with Crippen molar-refractivity contribution < 1.29 is 14.7 Å². The Morgan fingerprint density at radius 2 is 1.96 bits per heavy atom. The third kappa shape index (κ3) is 3.88. The average molecular weight is 370 g/mol. The highest BCUT2D eigenvalue weighted by atomic mass is 35.5. The lowest BCUT2D eigenvalue weighted by atomic mass is 10.1. The van der Waals surface area contributed by atoms with E-state index in [0.717, 1.165) is 16.9 Å². The quantitative estimate of drug-likeness (QED) is 0.848. The minimum absolute atomic E-state index is 0.0522. The lowest BCUT2D eigenvalue weighted by Crippen LogP contribution is -2.39. The number of aryl methyl sites for hydroxylation is 1. The summed E-state index contributed by atoms with van der Waals surface area (Å²) < 4.78 is 1.68. The second-order valence-corrected chi connectivity index (χ2v) is 6.28. The number of hydrogen-bond acceptors (Lipinski definition) is 3. The minimum atomic E-state index is -1.08. The largest absolute Gasteiger partial charge is 0.480 e. The van der Waals surface area contributed by atoms with E-state index in [1.165, 1.54) is 6.92 Å². The number of halogens is 2. The summed E-state index contributed by atoms with van der Waals surface area (Å²) in [5.41, 5.74) is 2.95. The summed E-state index contributed by atoms with van der Waals surface area (Å²) in [6, 6.07) is 4.21. The summed E-state index contributed by atoms with van der Waals surface area (Å²) in [4.78, 5) is 22.8. The number of aromatic nitrogens is 2. The molecule has 0 spiro atoms. The van der Waals surface area contributed by atoms with Gasteiger partial charge < -0.3 is 10.4 Å². The normalized spacial score (nSPS) is 12.0. The van der Waals surface area contributed by atoms with Crippen LogP contribution >= 0.6 is 23.2 Å². The number of carboxylic acid groups (broad SMARTS) is 1. The van der Waals surface area contributed by atoms with Crippen LogP contribution in [0.15, 0.2) is 18.2 Å². The molecule has 6 nitrogen and oxygen atoms in total. The fourth-order valence-corrected chi connectivity index (χ4v) is 2.61. The van der Waals surface area contributed by atoms with Crippen LogP contribution in [0.1, 0.15) is 23.9 Å². The van der Waals surface area contributed by atoms with Crippen LogP contribution in [0.2, 0.25) is 10.0 Å². The van der Waals surface area contributed by atoms with Crippen molar-refractivity contribution in [2.45, 2.75) is 33.2 Å². The van der Waals surface area contributed by atoms with Crippen molar-refractivity contribution in [2.24, 2.45) is 0 Å². The maximum Gasteiger partial charge on any atom is 0.325 e. The summed E-state index contributed by atoms with van der Waals surface area (Å²) in [6.45, 7) is 5.05. The molecule has 24 heavy (non-hydrogen) atoms. The second-order valence-electron chi connectivity index (χ2n) is 5.46. The van der Waals surface area contributed by atoms with Gasteiger partial charge in [0.1, 0.15) is 6.04 Å². The third-order valence-electron chi connectivity index (χ3n) is 3.67. The van der Waals surface area contributed by atoms with Gasteiger partial charge in [-0.15, -0.1) is 0 Å². The zero-order chi connectivity index (χ0) is 18.0. The van der Waals surface area contributed by atoms with Crippen LogP contribution in [0.5, 0.6) is 0 Å². The molecule has 1 heterocycles. The Bertz CT molecular complexity index is 802. The first-order valence-electron chi connectivity index (χ1n) is 7.23. The summed E-state index contributed by atoms with van der Waals surface area (Å²) in [6.07, 6.45) is 0.0522. The molecule has 2 aromatic rings. The second kappa shape index (κ2) is 7.23. The predicted octanol–water partition coefficient (Wildman–Crippen LogP) is 2.93. The molecular weight excluding hydrogens is 353 g/mol. The Morgan fingerprint density at radius 3 is 2.54 bits per heavy atom. The first-order valence-corrected chi connectivity index (χ1v) is 7.99. The molecule has 1 aromatic carbocycles. The van der Waals surface area contributed by atoms with Gasteiger partial charge in [-0.3, -0.25) is 9.59 Å². The van der Waals surface area contributed by atoms with Crippen LogP contribution in [-0.2, 0) is 16.0 Å². The van der Waals surface area contributed by atoms with Gasteiger partial charge in [0, 0.05) is 11.3 Å². The molecule has 0 aliphatic heterocycles. The number of hydrogen-bond donors (Lipinski definition) is 2. The first kappa shape index (κ1) is 18.3. The van der Waals surface area contributed by atoms with E-state index < -0.39 is 12.0 Å². The van der Waals surface area contributed by atoms with Crippen molar-refractivity contribution in [1.29, 1.82) is 0 Å². The molecule has 0 radical (unpaired) electrons. The van der Waals surface area contributed by atoms with E-state index in [9.17, 15) is 9.59 Å². The lowest BCUT2D eigenvalue weighted by Gasteiger charge is -2.10. The van der Waals surface area contributed by atoms with Crippen molar-refractivity contribution >= 4 is 35.1 Å². The van der Waals surface area contributed by atoms with Gasteiger partial charge >= 0.3 is 5.97 Å². The number of benzene rings is 1. The maximum atomic E-state index is 12.0. The van der Waals surface area contributed by atoms with Gasteiger partial charge in [0.2, 0.25) is 5.91 Å². The topological polar surface area (TPSA) is 84.2 Å². The third-order valence-corrected chi connectivity index (χ3v) is 4.41. The summed E-state index contributed by atoms with van der Waals surface area (Å²) in [7, 11) is 0. The van der Waals surface area contributed by atoms with Crippen molar-refractivity contribution in [3.05, 3.63) is 45.2 Å². The van der Waals surface area contributed by atoms with E-state index in [4.69, 9.17) is 28.3 Å². The number of aliphatic carboxylic acids is 1. The number of rotatable bonds is 5. The monoisotopic (exact) mass is 369 g/mol. The van der Waals surface area contributed by atoms with Gasteiger partial charge in [-0.25, -0.2) is 4.68 Å². The Balaban J connectivity index is 2.27. The smallest absolute Gasteiger partial charge is 0.325 e. The summed E-state index contributed by atoms with van der Waals surface area (Å²) >= 11 is 12.0. The molecule has 0 aliphatic rings. The van der Waals surface area contributed by atoms with Crippen LogP contribution in [0.3, 0.4) is 0 Å². The molecule has 8 heteroatoms. The van der Waals surface area contributed by atoms with Gasteiger partial charge in [-0.05, 0) is 39.0 Å². The molecule has 1 atom stereocenters. The minimum Gasteiger partial charge on any atom is -0.480 e. The summed E-state index contributed by atoms with van der Waals surface area (Å²) in [5, 5.41) is 16.6. The van der Waals surface area contributed by atoms with E-state index in [2.05, 4.69) is 10.4 Å². The molecule has 1 aromatic heterocycles. The van der Waals surface area contributed by atoms with Crippen LogP contribution in [0.4, 0.5) is 0 Å². The molecule has 2 rings (SSSR count). The predicted molar refractivity (Wildman–Crippen MR) is 92.0 cm³/mol. The fraction of sp³-hybridized carbons (Fsp3) is 0.312. The molecule has 0 fully saturated rings. The van der Waals surface area contributed by atoms with Gasteiger partial charge in [-0.1, -0.05) is 23.2 Å². The zero-order valence-corrected chi connectivity index (χ0v) is 14.9. The molecule has 0 bridgehead atoms. The maximum absolute atomic E-state index is 12.0. The van der Waals surface area contributed by atoms with E-state index in [1.54, 1.807) is 29.8 Å². The lowest BCUT2D eigenvalue weighted by molar-refractivity contribution is -0.141. The van der Waals surface area contributed by atoms with E-state index in [0.29, 0.717) is 15.7 Å². The first-order chi connectivity index (χ1) is 11.2. The molecule has 1 amide bonds. The van der Waals surface area contributed by atoms with Crippen molar-refractivity contribution in [3.8, 4) is 5.69 Å². The van der Waals surface area contributed by atoms with E-state index >= 15 is 0 Å². The number of nitrogens with zero attached hydrogens (tertiary/aromatic N) is 2. The molecule has 0 unspecified atom stereocenters. The molecular formula is C16H17Cl2N3O3. The molecule has 0 aliphatic carbocycles. The Kier molecular flexibility index (Phi) is 5.51. The molecule has 0 saturated heterocycles. The van der Waals surface area contributed by atoms with Crippen LogP contribution < -0.4 is 5.32 Å². The highest BCUT2D eigenvalue weighted by Crippen LogP contribution is 2.26. The molecule has 128 valence electrons. The number of carboxylic acids is 1. The number of nitrogens with one attached hydrogen (secondary N) is 1. The highest BCUT2D eigenvalue weighted by molar-refractivity contribution is 6.42.